The van der Waals surface area contributed by atoms with Gasteiger partial charge in [-0.2, -0.15) is 17.6 Å². The maximum atomic E-state index is 14.2. The van der Waals surface area contributed by atoms with E-state index in [0.717, 1.165) is 18.8 Å². The first-order valence-corrected chi connectivity index (χ1v) is 10.8. The number of carbonyl (C=O) groups is 1. The fraction of sp³-hybridized carbons (Fsp3) is 0.348. The molecule has 3 fully saturated rings. The Kier molecular flexibility index (Phi) is 5.81. The zero-order valence-electron chi connectivity index (χ0n) is 18.0. The normalized spacial score (nSPS) is 21.7. The van der Waals surface area contributed by atoms with Gasteiger partial charge in [0.1, 0.15) is 6.10 Å². The second kappa shape index (κ2) is 8.82. The van der Waals surface area contributed by atoms with Crippen LogP contribution in [-0.4, -0.2) is 49.4 Å². The predicted octanol–water partition coefficient (Wildman–Crippen LogP) is 4.30. The molecule has 0 spiro atoms. The molecular weight excluding hydrogens is 473 g/mol. The van der Waals surface area contributed by atoms with Gasteiger partial charge in [-0.15, -0.1) is 0 Å². The number of ether oxygens (including phenoxy) is 1. The summed E-state index contributed by atoms with van der Waals surface area (Å²) in [6.45, 7) is 0.448. The zero-order chi connectivity index (χ0) is 24.7. The van der Waals surface area contributed by atoms with E-state index in [2.05, 4.69) is 19.9 Å². The van der Waals surface area contributed by atoms with Crippen molar-refractivity contribution in [2.24, 2.45) is 5.92 Å². The van der Waals surface area contributed by atoms with E-state index in [1.807, 2.05) is 0 Å². The van der Waals surface area contributed by atoms with Crippen LogP contribution in [0.4, 0.5) is 22.0 Å². The van der Waals surface area contributed by atoms with Gasteiger partial charge in [0.15, 0.2) is 17.3 Å². The Morgan fingerprint density at radius 2 is 1.77 bits per heavy atom. The molecule has 1 aromatic carbocycles. The van der Waals surface area contributed by atoms with Crippen LogP contribution in [0.3, 0.4) is 0 Å². The van der Waals surface area contributed by atoms with E-state index < -0.39 is 41.7 Å². The smallest absolute Gasteiger partial charge is 0.435 e. The summed E-state index contributed by atoms with van der Waals surface area (Å²) in [5.41, 5.74) is -0.717. The SMILES string of the molecule is O=C(c1ccccc1-c1ncc(F)cn1)N1CC2CCC1C(Oc1ncc(C(F)(F)F)nc1F)C2. The van der Waals surface area contributed by atoms with Gasteiger partial charge in [-0.1, -0.05) is 18.2 Å². The molecule has 3 aliphatic rings. The Morgan fingerprint density at radius 3 is 2.46 bits per heavy atom. The molecular formula is C23H18F5N5O2. The number of rotatable bonds is 4. The van der Waals surface area contributed by atoms with Gasteiger partial charge in [0.2, 0.25) is 0 Å². The summed E-state index contributed by atoms with van der Waals surface area (Å²) in [7, 11) is 0. The summed E-state index contributed by atoms with van der Waals surface area (Å²) < 4.78 is 71.5. The zero-order valence-corrected chi connectivity index (χ0v) is 18.0. The molecule has 2 aromatic heterocycles. The van der Waals surface area contributed by atoms with Crippen molar-refractivity contribution < 1.29 is 31.5 Å². The lowest BCUT2D eigenvalue weighted by Crippen LogP contribution is -2.59. The van der Waals surface area contributed by atoms with Crippen LogP contribution in [-0.2, 0) is 6.18 Å². The lowest BCUT2D eigenvalue weighted by molar-refractivity contribution is -0.142. The molecule has 7 nitrogen and oxygen atoms in total. The van der Waals surface area contributed by atoms with Crippen molar-refractivity contribution in [3.05, 3.63) is 65.9 Å². The fourth-order valence-electron chi connectivity index (χ4n) is 4.68. The summed E-state index contributed by atoms with van der Waals surface area (Å²) in [5, 5.41) is 0. The van der Waals surface area contributed by atoms with Gasteiger partial charge in [0, 0.05) is 12.1 Å². The molecule has 3 aromatic rings. The molecule has 0 N–H and O–H groups in total. The first kappa shape index (κ1) is 23.1. The number of amides is 1. The predicted molar refractivity (Wildman–Crippen MR) is 111 cm³/mol. The second-order valence-electron chi connectivity index (χ2n) is 8.48. The number of alkyl halides is 3. The molecule has 3 unspecified atom stereocenters. The molecule has 3 atom stereocenters. The molecule has 4 heterocycles. The number of aromatic nitrogens is 4. The Morgan fingerprint density at radius 1 is 1.03 bits per heavy atom. The maximum Gasteiger partial charge on any atom is 0.435 e. The van der Waals surface area contributed by atoms with E-state index in [4.69, 9.17) is 4.74 Å². The van der Waals surface area contributed by atoms with Crippen molar-refractivity contribution in [1.29, 1.82) is 0 Å². The molecule has 2 saturated heterocycles. The fourth-order valence-corrected chi connectivity index (χ4v) is 4.68. The lowest BCUT2D eigenvalue weighted by Gasteiger charge is -2.49. The van der Waals surface area contributed by atoms with Crippen LogP contribution in [0.25, 0.3) is 11.4 Å². The van der Waals surface area contributed by atoms with Crippen LogP contribution >= 0.6 is 0 Å². The van der Waals surface area contributed by atoms with Crippen molar-refractivity contribution >= 4 is 5.91 Å². The maximum absolute atomic E-state index is 14.2. The molecule has 2 aliphatic heterocycles. The van der Waals surface area contributed by atoms with Crippen LogP contribution in [0.15, 0.2) is 42.9 Å². The largest absolute Gasteiger partial charge is 0.469 e. The third-order valence-electron chi connectivity index (χ3n) is 6.25. The van der Waals surface area contributed by atoms with E-state index in [1.165, 1.54) is 0 Å². The van der Waals surface area contributed by atoms with Crippen molar-refractivity contribution in [3.8, 4) is 17.3 Å². The standard InChI is InChI=1S/C23H18F5N5O2/c24-13-8-29-20(30-9-13)14-3-1-2-4-15(14)22(34)33-11-12-5-6-16(33)17(7-12)35-21-19(25)32-18(10-31-21)23(26,27)28/h1-4,8-10,12,16-17H,5-7,11H2. The average Bonchev–Trinajstić information content (AvgIpc) is 2.85. The van der Waals surface area contributed by atoms with E-state index in [0.29, 0.717) is 36.7 Å². The molecule has 0 radical (unpaired) electrons. The number of hydrogen-bond donors (Lipinski definition) is 0. The van der Waals surface area contributed by atoms with Gasteiger partial charge in [-0.3, -0.25) is 4.79 Å². The minimum atomic E-state index is -4.83. The van der Waals surface area contributed by atoms with Gasteiger partial charge >= 0.3 is 6.18 Å². The monoisotopic (exact) mass is 491 g/mol. The summed E-state index contributed by atoms with van der Waals surface area (Å²) in [6.07, 6.45) is -1.15. The number of benzene rings is 1. The van der Waals surface area contributed by atoms with E-state index >= 15 is 0 Å². The van der Waals surface area contributed by atoms with Crippen LogP contribution in [0, 0.1) is 17.7 Å². The number of piperidine rings is 2. The molecule has 2 bridgehead atoms. The number of fused-ring (bicyclic) bond motifs is 3. The third-order valence-corrected chi connectivity index (χ3v) is 6.25. The van der Waals surface area contributed by atoms with Gasteiger partial charge < -0.3 is 9.64 Å². The number of carbonyl (C=O) groups excluding carboxylic acids is 1. The van der Waals surface area contributed by atoms with Crippen LogP contribution in [0.2, 0.25) is 0 Å². The highest BCUT2D eigenvalue weighted by Crippen LogP contribution is 2.39. The number of hydrogen-bond acceptors (Lipinski definition) is 6. The second-order valence-corrected chi connectivity index (χ2v) is 8.48. The van der Waals surface area contributed by atoms with Crippen LogP contribution < -0.4 is 4.74 Å². The summed E-state index contributed by atoms with van der Waals surface area (Å²) in [5.74, 6) is -2.78. The highest BCUT2D eigenvalue weighted by atomic mass is 19.4. The number of halogens is 5. The summed E-state index contributed by atoms with van der Waals surface area (Å²) >= 11 is 0. The molecule has 12 heteroatoms. The topological polar surface area (TPSA) is 81.1 Å². The highest BCUT2D eigenvalue weighted by Gasteiger charge is 2.45. The summed E-state index contributed by atoms with van der Waals surface area (Å²) in [6, 6.07) is 6.22. The Balaban J connectivity index is 1.40. The quantitative estimate of drug-likeness (QED) is 0.507. The van der Waals surface area contributed by atoms with Crippen molar-refractivity contribution in [3.63, 3.8) is 0 Å². The molecule has 1 aliphatic carbocycles. The van der Waals surface area contributed by atoms with Gasteiger partial charge in [-0.25, -0.2) is 24.3 Å². The van der Waals surface area contributed by atoms with Crippen LogP contribution in [0.5, 0.6) is 5.88 Å². The minimum absolute atomic E-state index is 0.0636. The van der Waals surface area contributed by atoms with Crippen molar-refractivity contribution in [1.82, 2.24) is 24.8 Å². The molecule has 1 amide bonds. The van der Waals surface area contributed by atoms with Crippen LogP contribution in [0.1, 0.15) is 35.3 Å². The lowest BCUT2D eigenvalue weighted by atomic mass is 9.77. The first-order chi connectivity index (χ1) is 16.7. The Bertz CT molecular complexity index is 1250. The highest BCUT2D eigenvalue weighted by molar-refractivity contribution is 6.00. The van der Waals surface area contributed by atoms with Crippen molar-refractivity contribution in [2.45, 2.75) is 37.6 Å². The molecule has 35 heavy (non-hydrogen) atoms. The Labute approximate surface area is 196 Å². The van der Waals surface area contributed by atoms with Gasteiger partial charge in [0.05, 0.1) is 30.2 Å². The van der Waals surface area contributed by atoms with Crippen molar-refractivity contribution in [2.75, 3.05) is 6.54 Å². The molecule has 1 saturated carbocycles. The number of nitrogens with zero attached hydrogens (tertiary/aromatic N) is 5. The third kappa shape index (κ3) is 4.52. The van der Waals surface area contributed by atoms with Gasteiger partial charge in [-0.05, 0) is 31.2 Å². The Hall–Kier alpha value is -3.70. The van der Waals surface area contributed by atoms with Gasteiger partial charge in [0.25, 0.3) is 17.7 Å². The first-order valence-electron chi connectivity index (χ1n) is 10.8. The molecule has 6 rings (SSSR count). The average molecular weight is 491 g/mol. The van der Waals surface area contributed by atoms with E-state index in [9.17, 15) is 26.7 Å². The van der Waals surface area contributed by atoms with E-state index in [1.54, 1.807) is 29.2 Å². The molecule has 182 valence electrons. The minimum Gasteiger partial charge on any atom is -0.469 e. The summed E-state index contributed by atoms with van der Waals surface area (Å²) in [4.78, 5) is 29.6. The van der Waals surface area contributed by atoms with E-state index in [-0.39, 0.29) is 17.6 Å².